The third-order valence-electron chi connectivity index (χ3n) is 7.89. The Bertz CT molecular complexity index is 1680. The molecule has 0 saturated carbocycles. The number of aliphatic hydroxyl groups is 5. The molecular weight excluding hydrogens is 568 g/mol. The van der Waals surface area contributed by atoms with Gasteiger partial charge in [0.25, 0.3) is 0 Å². The van der Waals surface area contributed by atoms with E-state index in [0.717, 1.165) is 0 Å². The second kappa shape index (κ2) is 11.8. The number of carbonyl (C=O) groups is 4. The fourth-order valence-corrected chi connectivity index (χ4v) is 5.56. The van der Waals surface area contributed by atoms with Crippen molar-refractivity contribution in [3.8, 4) is 0 Å². The van der Waals surface area contributed by atoms with Crippen LogP contribution in [0.2, 0.25) is 0 Å². The number of rotatable bonds is 9. The number of Topliss-reactive ketones (excluding diaryl/α,β-unsaturated/α-hetero) is 4. The third-order valence-corrected chi connectivity index (χ3v) is 7.89. The van der Waals surface area contributed by atoms with Crippen molar-refractivity contribution in [1.29, 1.82) is 0 Å². The van der Waals surface area contributed by atoms with E-state index >= 15 is 0 Å². The summed E-state index contributed by atoms with van der Waals surface area (Å²) in [6.07, 6.45) is -7.93. The highest BCUT2D eigenvalue weighted by Crippen LogP contribution is 2.50. The van der Waals surface area contributed by atoms with E-state index in [1.165, 1.54) is 115 Å². The molecular formula is C34H28O10. The molecule has 10 heteroatoms. The minimum Gasteiger partial charge on any atom is -0.382 e. The van der Waals surface area contributed by atoms with Crippen molar-refractivity contribution in [3.05, 3.63) is 144 Å². The van der Waals surface area contributed by atoms with Gasteiger partial charge in [0.2, 0.25) is 28.6 Å². The second-order valence-corrected chi connectivity index (χ2v) is 10.4. The van der Waals surface area contributed by atoms with Crippen LogP contribution >= 0.6 is 0 Å². The van der Waals surface area contributed by atoms with Crippen LogP contribution in [0, 0.1) is 0 Å². The van der Waals surface area contributed by atoms with Crippen LogP contribution in [0.4, 0.5) is 0 Å². The lowest BCUT2D eigenvalue weighted by Gasteiger charge is -2.57. The topological polar surface area (TPSA) is 179 Å². The number of ether oxygens (including phenoxy) is 1. The van der Waals surface area contributed by atoms with Crippen molar-refractivity contribution in [3.63, 3.8) is 0 Å². The zero-order valence-corrected chi connectivity index (χ0v) is 23.1. The van der Waals surface area contributed by atoms with Gasteiger partial charge in [0.1, 0.15) is 12.2 Å². The van der Waals surface area contributed by atoms with Crippen molar-refractivity contribution in [1.82, 2.24) is 0 Å². The Morgan fingerprint density at radius 3 is 1.30 bits per heavy atom. The van der Waals surface area contributed by atoms with E-state index < -0.39 is 58.4 Å². The van der Waals surface area contributed by atoms with E-state index in [1.807, 2.05) is 0 Å². The minimum atomic E-state index is -3.96. The first-order valence-corrected chi connectivity index (χ1v) is 13.6. The predicted octanol–water partition coefficient (Wildman–Crippen LogP) is 1.79. The van der Waals surface area contributed by atoms with Crippen molar-refractivity contribution in [2.24, 2.45) is 0 Å². The first-order valence-electron chi connectivity index (χ1n) is 13.6. The fourth-order valence-electron chi connectivity index (χ4n) is 5.56. The Morgan fingerprint density at radius 1 is 0.545 bits per heavy atom. The Balaban J connectivity index is 1.82. The fraction of sp³-hybridized carbons (Fsp3) is 0.176. The molecule has 4 aromatic carbocycles. The van der Waals surface area contributed by atoms with Crippen LogP contribution in [0.15, 0.2) is 121 Å². The van der Waals surface area contributed by atoms with Crippen LogP contribution in [-0.4, -0.2) is 84.0 Å². The molecule has 0 bridgehead atoms. The lowest BCUT2D eigenvalue weighted by atomic mass is 9.57. The normalized spacial score (nSPS) is 27.2. The van der Waals surface area contributed by atoms with Crippen molar-refractivity contribution in [2.75, 3.05) is 0 Å². The lowest BCUT2D eigenvalue weighted by molar-refractivity contribution is -0.352. The smallest absolute Gasteiger partial charge is 0.218 e. The molecule has 10 nitrogen and oxygen atoms in total. The van der Waals surface area contributed by atoms with E-state index in [1.54, 1.807) is 6.07 Å². The maximum Gasteiger partial charge on any atom is 0.218 e. The molecule has 0 aliphatic carbocycles. The van der Waals surface area contributed by atoms with Gasteiger partial charge in [-0.15, -0.1) is 0 Å². The highest BCUT2D eigenvalue weighted by molar-refractivity contribution is 6.19. The van der Waals surface area contributed by atoms with Gasteiger partial charge < -0.3 is 30.3 Å². The molecule has 1 saturated heterocycles. The molecule has 224 valence electrons. The molecule has 1 aliphatic rings. The van der Waals surface area contributed by atoms with Gasteiger partial charge in [-0.3, -0.25) is 19.2 Å². The van der Waals surface area contributed by atoms with Crippen LogP contribution in [0.3, 0.4) is 0 Å². The highest BCUT2D eigenvalue weighted by Gasteiger charge is 2.81. The standard InChI is InChI=1S/C34H28O10/c35-25(21-13-5-1-6-14-21)26(36)30-32(41,27(37)22-15-7-2-8-16-22)34(43,29(39)24-19-11-4-12-20-24)33(42,31(40)44-30)28(38)23-17-9-3-10-18-23/h1-20,26,30-31,36,40-43H/t26?,30-,31?,32-,33+,34+/m1/s1. The van der Waals surface area contributed by atoms with E-state index in [4.69, 9.17) is 4.74 Å². The largest absolute Gasteiger partial charge is 0.382 e. The maximum atomic E-state index is 14.4. The van der Waals surface area contributed by atoms with Gasteiger partial charge in [-0.1, -0.05) is 121 Å². The number of ketones is 4. The van der Waals surface area contributed by atoms with E-state index in [9.17, 15) is 44.7 Å². The van der Waals surface area contributed by atoms with Crippen molar-refractivity contribution >= 4 is 23.1 Å². The van der Waals surface area contributed by atoms with Gasteiger partial charge in [0.15, 0.2) is 17.7 Å². The molecule has 44 heavy (non-hydrogen) atoms. The summed E-state index contributed by atoms with van der Waals surface area (Å²) in [5.41, 5.74) is -12.6. The summed E-state index contributed by atoms with van der Waals surface area (Å²) in [5.74, 6) is -5.65. The number of benzene rings is 4. The van der Waals surface area contributed by atoms with Gasteiger partial charge >= 0.3 is 0 Å². The summed E-state index contributed by atoms with van der Waals surface area (Å²) in [6, 6.07) is 27.3. The van der Waals surface area contributed by atoms with Crippen LogP contribution in [0.1, 0.15) is 41.4 Å². The molecule has 6 atom stereocenters. The zero-order valence-electron chi connectivity index (χ0n) is 23.1. The average Bonchev–Trinajstić information content (AvgIpc) is 3.08. The Hall–Kier alpha value is -4.68. The van der Waals surface area contributed by atoms with E-state index in [0.29, 0.717) is 0 Å². The summed E-state index contributed by atoms with van der Waals surface area (Å²) >= 11 is 0. The van der Waals surface area contributed by atoms with Crippen LogP contribution in [0.5, 0.6) is 0 Å². The quantitative estimate of drug-likeness (QED) is 0.179. The van der Waals surface area contributed by atoms with Crippen LogP contribution in [-0.2, 0) is 4.74 Å². The summed E-state index contributed by atoms with van der Waals surface area (Å²) in [7, 11) is 0. The third kappa shape index (κ3) is 4.61. The molecule has 1 aliphatic heterocycles. The molecule has 5 N–H and O–H groups in total. The SMILES string of the molecule is O=C(c1ccccc1)C(O)[C@H]1OC(O)[C@@](O)(C(=O)c2ccccc2)[C@](O)(C(=O)c2ccccc2)[C@@]1(O)C(=O)c1ccccc1. The van der Waals surface area contributed by atoms with E-state index in [2.05, 4.69) is 0 Å². The first-order chi connectivity index (χ1) is 21.0. The molecule has 1 heterocycles. The first kappa shape index (κ1) is 30.8. The minimum absolute atomic E-state index is 0.105. The highest BCUT2D eigenvalue weighted by atomic mass is 16.7. The predicted molar refractivity (Wildman–Crippen MR) is 155 cm³/mol. The number of carbonyl (C=O) groups excluding carboxylic acids is 4. The zero-order chi connectivity index (χ0) is 31.7. The van der Waals surface area contributed by atoms with Crippen LogP contribution in [0.25, 0.3) is 0 Å². The van der Waals surface area contributed by atoms with E-state index in [-0.39, 0.29) is 22.3 Å². The number of aliphatic hydroxyl groups excluding tert-OH is 2. The van der Waals surface area contributed by atoms with Gasteiger partial charge in [-0.25, -0.2) is 0 Å². The summed E-state index contributed by atoms with van der Waals surface area (Å²) in [6.45, 7) is 0. The summed E-state index contributed by atoms with van der Waals surface area (Å²) in [4.78, 5) is 56.1. The molecule has 4 aromatic rings. The lowest BCUT2D eigenvalue weighted by Crippen LogP contribution is -2.87. The van der Waals surface area contributed by atoms with Gasteiger partial charge in [0, 0.05) is 22.3 Å². The number of hydrogen-bond donors (Lipinski definition) is 5. The summed E-state index contributed by atoms with van der Waals surface area (Å²) in [5, 5.41) is 59.9. The van der Waals surface area contributed by atoms with Gasteiger partial charge in [-0.2, -0.15) is 0 Å². The van der Waals surface area contributed by atoms with Crippen LogP contribution < -0.4 is 0 Å². The molecule has 1 fully saturated rings. The van der Waals surface area contributed by atoms with Gasteiger partial charge in [-0.05, 0) is 0 Å². The molecule has 0 spiro atoms. The monoisotopic (exact) mass is 596 g/mol. The Morgan fingerprint density at radius 2 is 0.886 bits per heavy atom. The number of hydrogen-bond acceptors (Lipinski definition) is 10. The van der Waals surface area contributed by atoms with Crippen molar-refractivity contribution < 1.29 is 49.4 Å². The molecule has 2 unspecified atom stereocenters. The Labute approximate surface area is 251 Å². The summed E-state index contributed by atoms with van der Waals surface area (Å²) < 4.78 is 5.42. The molecule has 5 rings (SSSR count). The molecule has 0 amide bonds. The Kier molecular flexibility index (Phi) is 8.23. The molecule has 0 radical (unpaired) electrons. The molecule has 0 aromatic heterocycles. The maximum absolute atomic E-state index is 14.4. The van der Waals surface area contributed by atoms with Crippen molar-refractivity contribution in [2.45, 2.75) is 35.3 Å². The second-order valence-electron chi connectivity index (χ2n) is 10.4. The average molecular weight is 597 g/mol. The van der Waals surface area contributed by atoms with Gasteiger partial charge in [0.05, 0.1) is 0 Å².